The van der Waals surface area contributed by atoms with Gasteiger partial charge in [-0.25, -0.2) is 0 Å². The van der Waals surface area contributed by atoms with Gasteiger partial charge in [0.25, 0.3) is 0 Å². The molecule has 0 spiro atoms. The number of hydrogen-bond acceptors (Lipinski definition) is 24. The summed E-state index contributed by atoms with van der Waals surface area (Å²) >= 11 is 0. The molecule has 53 heavy (non-hydrogen) atoms. The Morgan fingerprint density at radius 3 is 1.60 bits per heavy atom. The maximum Gasteiger partial charge on any atom is 0.187 e. The van der Waals surface area contributed by atoms with Crippen molar-refractivity contribution in [3.63, 3.8) is 0 Å². The molecule has 0 aromatic carbocycles. The Morgan fingerprint density at radius 2 is 0.962 bits per heavy atom. The van der Waals surface area contributed by atoms with Gasteiger partial charge in [0.1, 0.15) is 110 Å². The molecule has 5 aliphatic heterocycles. The summed E-state index contributed by atoms with van der Waals surface area (Å²) in [4.78, 5) is 0. The summed E-state index contributed by atoms with van der Waals surface area (Å²) in [6, 6.07) is 0. The van der Waals surface area contributed by atoms with Crippen LogP contribution in [-0.4, -0.2) is 250 Å². The van der Waals surface area contributed by atoms with Crippen LogP contribution in [-0.2, 0) is 42.6 Å². The van der Waals surface area contributed by atoms with E-state index in [0.717, 1.165) is 0 Å². The Hall–Kier alpha value is -0.960. The molecule has 5 heterocycles. The summed E-state index contributed by atoms with van der Waals surface area (Å²) in [7, 11) is 0. The molecule has 0 radical (unpaired) electrons. The van der Waals surface area contributed by atoms with E-state index in [2.05, 4.69) is 0 Å². The first-order valence-corrected chi connectivity index (χ1v) is 16.9. The van der Waals surface area contributed by atoms with Gasteiger partial charge in [-0.15, -0.1) is 0 Å². The standard InChI is InChI=1S/C29H50O24/c1-6-11(33)15(37)20(42)26(47-6)52-24-17(39)13(35)8(2-30)49-29(24)53-23-12(34)7(32)4-45-28(23)46-5-10-14(36)16(38)21(43)27(50-10)51-22-9(3-31)48-25(44)19(41)18(22)40/h6-44H,2-5H2,1H3/t6-,7+,8+,9+,10+,11+,12-,13-,14+,15+,16-,17-,18+,19+,20-,21+,22+,23+,24+,25-,26-,27-,28+,29-/m0/s1. The highest BCUT2D eigenvalue weighted by atomic mass is 16.8. The van der Waals surface area contributed by atoms with E-state index in [1.807, 2.05) is 0 Å². The summed E-state index contributed by atoms with van der Waals surface area (Å²) in [6.07, 6.45) is -41.9. The highest BCUT2D eigenvalue weighted by Gasteiger charge is 2.54. The largest absolute Gasteiger partial charge is 0.394 e. The lowest BCUT2D eigenvalue weighted by Crippen LogP contribution is -2.66. The van der Waals surface area contributed by atoms with E-state index in [4.69, 9.17) is 42.6 Å². The van der Waals surface area contributed by atoms with Gasteiger partial charge in [-0.2, -0.15) is 0 Å². The van der Waals surface area contributed by atoms with Gasteiger partial charge >= 0.3 is 0 Å². The van der Waals surface area contributed by atoms with Gasteiger partial charge in [-0.1, -0.05) is 0 Å². The molecule has 24 heteroatoms. The summed E-state index contributed by atoms with van der Waals surface area (Å²) in [5, 5.41) is 155. The van der Waals surface area contributed by atoms with Gasteiger partial charge in [0.05, 0.1) is 32.5 Å². The van der Waals surface area contributed by atoms with Crippen LogP contribution in [0.15, 0.2) is 0 Å². The Bertz CT molecular complexity index is 1140. The molecule has 5 rings (SSSR count). The van der Waals surface area contributed by atoms with E-state index in [1.165, 1.54) is 6.92 Å². The Balaban J connectivity index is 1.30. The molecule has 310 valence electrons. The SMILES string of the molecule is C[C@@H]1O[C@@H](O[C@H]2[C@H](O[C@H]3[C@@H](OC[C@H]4O[C@@H](O[C@H]5[C@H](O)[C@@H](O)[C@@H](O)O[C@@H]5CO)[C@H](O)[C@@H](O)[C@@H]4O)OC[C@@H](O)[C@@H]3O)O[C@H](CO)[C@H](O)[C@@H]2O)[C@@H](O)[C@H](O)[C@@H]1O. The second-order valence-electron chi connectivity index (χ2n) is 13.5. The maximum atomic E-state index is 11.0. The molecule has 0 unspecified atom stereocenters. The normalized spacial score (nSPS) is 54.1. The molecule has 0 bridgehead atoms. The van der Waals surface area contributed by atoms with E-state index in [0.29, 0.717) is 0 Å². The minimum absolute atomic E-state index is 0.546. The van der Waals surface area contributed by atoms with E-state index in [9.17, 15) is 76.6 Å². The van der Waals surface area contributed by atoms with E-state index in [-0.39, 0.29) is 0 Å². The smallest absolute Gasteiger partial charge is 0.187 e. The van der Waals surface area contributed by atoms with E-state index < -0.39 is 174 Å². The van der Waals surface area contributed by atoms with Crippen molar-refractivity contribution < 1.29 is 119 Å². The van der Waals surface area contributed by atoms with Gasteiger partial charge < -0.3 is 119 Å². The zero-order valence-corrected chi connectivity index (χ0v) is 28.1. The highest BCUT2D eigenvalue weighted by molar-refractivity contribution is 4.96. The van der Waals surface area contributed by atoms with Gasteiger partial charge in [-0.3, -0.25) is 0 Å². The second-order valence-corrected chi connectivity index (χ2v) is 13.5. The maximum absolute atomic E-state index is 11.0. The summed E-state index contributed by atoms with van der Waals surface area (Å²) in [5.41, 5.74) is 0. The molecule has 0 aromatic rings. The zero-order valence-electron chi connectivity index (χ0n) is 28.1. The second kappa shape index (κ2) is 18.1. The molecular formula is C29H50O24. The van der Waals surface area contributed by atoms with Crippen molar-refractivity contribution in [2.24, 2.45) is 0 Å². The molecule has 5 saturated heterocycles. The topological polar surface area (TPSA) is 387 Å². The minimum atomic E-state index is -1.98. The molecule has 0 aromatic heterocycles. The average Bonchev–Trinajstić information content (AvgIpc) is 3.14. The number of hydrogen-bond donors (Lipinski definition) is 15. The van der Waals surface area contributed by atoms with Crippen molar-refractivity contribution in [2.45, 2.75) is 154 Å². The molecule has 0 saturated carbocycles. The predicted octanol–water partition coefficient (Wildman–Crippen LogP) is -10.3. The third kappa shape index (κ3) is 8.96. The fraction of sp³-hybridized carbons (Fsp3) is 1.00. The van der Waals surface area contributed by atoms with Gasteiger partial charge in [0.2, 0.25) is 0 Å². The number of aliphatic hydroxyl groups is 15. The molecule has 24 atom stereocenters. The van der Waals surface area contributed by atoms with Crippen LogP contribution in [0.2, 0.25) is 0 Å². The Labute approximate surface area is 300 Å². The minimum Gasteiger partial charge on any atom is -0.394 e. The van der Waals surface area contributed by atoms with Crippen LogP contribution in [0.4, 0.5) is 0 Å². The lowest BCUT2D eigenvalue weighted by Gasteiger charge is -2.48. The molecule has 0 amide bonds. The highest BCUT2D eigenvalue weighted by Crippen LogP contribution is 2.34. The lowest BCUT2D eigenvalue weighted by molar-refractivity contribution is -0.390. The molecule has 15 N–H and O–H groups in total. The van der Waals surface area contributed by atoms with Crippen molar-refractivity contribution in [2.75, 3.05) is 26.4 Å². The van der Waals surface area contributed by atoms with Crippen LogP contribution < -0.4 is 0 Å². The van der Waals surface area contributed by atoms with Crippen molar-refractivity contribution in [3.05, 3.63) is 0 Å². The number of rotatable bonds is 11. The molecule has 5 aliphatic rings. The first kappa shape index (κ1) is 43.2. The molecule has 24 nitrogen and oxygen atoms in total. The third-order valence-electron chi connectivity index (χ3n) is 9.87. The fourth-order valence-electron chi connectivity index (χ4n) is 6.55. The summed E-state index contributed by atoms with van der Waals surface area (Å²) in [6.45, 7) is -1.62. The fourth-order valence-corrected chi connectivity index (χ4v) is 6.55. The van der Waals surface area contributed by atoms with Crippen LogP contribution in [0.1, 0.15) is 6.92 Å². The first-order chi connectivity index (χ1) is 25.0. The number of ether oxygens (including phenoxy) is 9. The van der Waals surface area contributed by atoms with Crippen LogP contribution in [0, 0.1) is 0 Å². The molecule has 5 fully saturated rings. The van der Waals surface area contributed by atoms with Crippen molar-refractivity contribution >= 4 is 0 Å². The van der Waals surface area contributed by atoms with Gasteiger partial charge in [0.15, 0.2) is 31.5 Å². The molecular weight excluding hydrogens is 732 g/mol. The predicted molar refractivity (Wildman–Crippen MR) is 159 cm³/mol. The average molecular weight is 783 g/mol. The first-order valence-electron chi connectivity index (χ1n) is 16.9. The van der Waals surface area contributed by atoms with Crippen molar-refractivity contribution in [3.8, 4) is 0 Å². The third-order valence-corrected chi connectivity index (χ3v) is 9.87. The van der Waals surface area contributed by atoms with Crippen LogP contribution >= 0.6 is 0 Å². The summed E-state index contributed by atoms with van der Waals surface area (Å²) < 4.78 is 49.9. The molecule has 0 aliphatic carbocycles. The quantitative estimate of drug-likeness (QED) is 0.0925. The van der Waals surface area contributed by atoms with E-state index in [1.54, 1.807) is 0 Å². The van der Waals surface area contributed by atoms with Crippen LogP contribution in [0.5, 0.6) is 0 Å². The van der Waals surface area contributed by atoms with Gasteiger partial charge in [-0.05, 0) is 6.92 Å². The Morgan fingerprint density at radius 1 is 0.453 bits per heavy atom. The Kier molecular flexibility index (Phi) is 14.7. The van der Waals surface area contributed by atoms with E-state index >= 15 is 0 Å². The lowest BCUT2D eigenvalue weighted by atomic mass is 9.97. The van der Waals surface area contributed by atoms with Crippen LogP contribution in [0.3, 0.4) is 0 Å². The van der Waals surface area contributed by atoms with Crippen LogP contribution in [0.25, 0.3) is 0 Å². The number of aliphatic hydroxyl groups excluding tert-OH is 15. The van der Waals surface area contributed by atoms with Crippen molar-refractivity contribution in [1.82, 2.24) is 0 Å². The van der Waals surface area contributed by atoms with Crippen molar-refractivity contribution in [1.29, 1.82) is 0 Å². The zero-order chi connectivity index (χ0) is 39.0. The van der Waals surface area contributed by atoms with Gasteiger partial charge in [0, 0.05) is 0 Å². The summed E-state index contributed by atoms with van der Waals surface area (Å²) in [5.74, 6) is 0. The monoisotopic (exact) mass is 782 g/mol.